The number of amides is 1. The first kappa shape index (κ1) is 13.8. The summed E-state index contributed by atoms with van der Waals surface area (Å²) >= 11 is 14.8. The molecule has 1 rings (SSSR count). The lowest BCUT2D eigenvalue weighted by Gasteiger charge is -2.06. The molecule has 0 unspecified atom stereocenters. The molecular weight excluding hydrogens is 313 g/mol. The van der Waals surface area contributed by atoms with Gasteiger partial charge >= 0.3 is 0 Å². The fourth-order valence-electron chi connectivity index (χ4n) is 1.19. The van der Waals surface area contributed by atoms with E-state index in [0.29, 0.717) is 23.0 Å². The largest absolute Gasteiger partial charge is 0.352 e. The number of carbonyl (C=O) groups is 1. The topological polar surface area (TPSA) is 29.1 Å². The van der Waals surface area contributed by atoms with Gasteiger partial charge in [0.1, 0.15) is 0 Å². The van der Waals surface area contributed by atoms with Gasteiger partial charge in [-0.05, 0) is 31.0 Å². The second-order valence-electron chi connectivity index (χ2n) is 3.28. The molecule has 0 aromatic heterocycles. The molecule has 0 aliphatic heterocycles. The van der Waals surface area contributed by atoms with E-state index in [1.165, 1.54) is 0 Å². The van der Waals surface area contributed by atoms with Gasteiger partial charge in [-0.25, -0.2) is 0 Å². The van der Waals surface area contributed by atoms with E-state index in [1.54, 1.807) is 18.2 Å². The van der Waals surface area contributed by atoms with Crippen molar-refractivity contribution >= 4 is 45.0 Å². The van der Waals surface area contributed by atoms with Gasteiger partial charge < -0.3 is 5.32 Å². The number of alkyl halides is 1. The SMILES string of the molecule is O=C(NCCCCCl)c1ccc(Br)cc1Cl. The van der Waals surface area contributed by atoms with Gasteiger partial charge in [0.2, 0.25) is 0 Å². The molecule has 88 valence electrons. The van der Waals surface area contributed by atoms with Crippen LogP contribution in [0.15, 0.2) is 22.7 Å². The Labute approximate surface area is 113 Å². The van der Waals surface area contributed by atoms with E-state index >= 15 is 0 Å². The van der Waals surface area contributed by atoms with Gasteiger partial charge in [-0.3, -0.25) is 4.79 Å². The zero-order chi connectivity index (χ0) is 12.0. The van der Waals surface area contributed by atoms with Crippen molar-refractivity contribution < 1.29 is 4.79 Å². The molecule has 0 atom stereocenters. The molecule has 0 saturated carbocycles. The molecule has 5 heteroatoms. The quantitative estimate of drug-likeness (QED) is 0.647. The Kier molecular flexibility index (Phi) is 6.17. The van der Waals surface area contributed by atoms with Gasteiger partial charge in [0.15, 0.2) is 0 Å². The first-order chi connectivity index (χ1) is 7.65. The van der Waals surface area contributed by atoms with Gasteiger partial charge in [-0.15, -0.1) is 11.6 Å². The van der Waals surface area contributed by atoms with Crippen LogP contribution in [0.25, 0.3) is 0 Å². The van der Waals surface area contributed by atoms with Gasteiger partial charge in [-0.2, -0.15) is 0 Å². The van der Waals surface area contributed by atoms with Crippen molar-refractivity contribution in [2.45, 2.75) is 12.8 Å². The van der Waals surface area contributed by atoms with Crippen LogP contribution in [0.4, 0.5) is 0 Å². The molecule has 0 fully saturated rings. The normalized spacial score (nSPS) is 10.2. The molecular formula is C11H12BrCl2NO. The zero-order valence-electron chi connectivity index (χ0n) is 8.60. The highest BCUT2D eigenvalue weighted by atomic mass is 79.9. The van der Waals surface area contributed by atoms with Crippen LogP contribution in [-0.4, -0.2) is 18.3 Å². The Morgan fingerprint density at radius 3 is 2.75 bits per heavy atom. The zero-order valence-corrected chi connectivity index (χ0v) is 11.7. The Bertz CT molecular complexity index is 371. The molecule has 0 radical (unpaired) electrons. The minimum absolute atomic E-state index is 0.146. The maximum atomic E-state index is 11.7. The Hall–Kier alpha value is -0.250. The number of hydrogen-bond donors (Lipinski definition) is 1. The fraction of sp³-hybridized carbons (Fsp3) is 0.364. The van der Waals surface area contributed by atoms with Crippen molar-refractivity contribution in [2.24, 2.45) is 0 Å². The average Bonchev–Trinajstić information content (AvgIpc) is 2.24. The molecule has 0 heterocycles. The number of hydrogen-bond acceptors (Lipinski definition) is 1. The maximum absolute atomic E-state index is 11.7. The molecule has 1 N–H and O–H groups in total. The number of halogens is 3. The monoisotopic (exact) mass is 323 g/mol. The third-order valence-corrected chi connectivity index (χ3v) is 3.09. The third kappa shape index (κ3) is 4.32. The van der Waals surface area contributed by atoms with Crippen molar-refractivity contribution in [1.29, 1.82) is 0 Å². The molecule has 0 spiro atoms. The Morgan fingerprint density at radius 1 is 1.38 bits per heavy atom. The summed E-state index contributed by atoms with van der Waals surface area (Å²) in [4.78, 5) is 11.7. The summed E-state index contributed by atoms with van der Waals surface area (Å²) in [5.74, 6) is 0.474. The third-order valence-electron chi connectivity index (χ3n) is 2.02. The highest BCUT2D eigenvalue weighted by Gasteiger charge is 2.09. The van der Waals surface area contributed by atoms with Crippen LogP contribution in [0.2, 0.25) is 5.02 Å². The molecule has 16 heavy (non-hydrogen) atoms. The standard InChI is InChI=1S/C11H12BrCl2NO/c12-8-3-4-9(10(14)7-8)11(16)15-6-2-1-5-13/h3-4,7H,1-2,5-6H2,(H,15,16). The van der Waals surface area contributed by atoms with E-state index in [4.69, 9.17) is 23.2 Å². The summed E-state index contributed by atoms with van der Waals surface area (Å²) < 4.78 is 0.858. The molecule has 1 aromatic carbocycles. The van der Waals surface area contributed by atoms with Crippen molar-refractivity contribution in [2.75, 3.05) is 12.4 Å². The van der Waals surface area contributed by atoms with Gasteiger partial charge in [-0.1, -0.05) is 27.5 Å². The molecule has 0 bridgehead atoms. The van der Waals surface area contributed by atoms with Crippen molar-refractivity contribution in [3.05, 3.63) is 33.3 Å². The molecule has 1 aromatic rings. The van der Waals surface area contributed by atoms with E-state index in [9.17, 15) is 4.79 Å². The van der Waals surface area contributed by atoms with E-state index in [0.717, 1.165) is 17.3 Å². The summed E-state index contributed by atoms with van der Waals surface area (Å²) in [6.45, 7) is 0.623. The number of carbonyl (C=O) groups excluding carboxylic acids is 1. The van der Waals surface area contributed by atoms with Gasteiger partial charge in [0.05, 0.1) is 10.6 Å². The maximum Gasteiger partial charge on any atom is 0.252 e. The van der Waals surface area contributed by atoms with Gasteiger partial charge in [0.25, 0.3) is 5.91 Å². The smallest absolute Gasteiger partial charge is 0.252 e. The van der Waals surface area contributed by atoms with Crippen LogP contribution in [0.1, 0.15) is 23.2 Å². The second kappa shape index (κ2) is 7.15. The summed E-state index contributed by atoms with van der Waals surface area (Å²) in [6.07, 6.45) is 1.78. The predicted molar refractivity (Wildman–Crippen MR) is 71.4 cm³/mol. The highest BCUT2D eigenvalue weighted by molar-refractivity contribution is 9.10. The van der Waals surface area contributed by atoms with Crippen LogP contribution >= 0.6 is 39.1 Å². The van der Waals surface area contributed by atoms with Crippen LogP contribution in [0, 0.1) is 0 Å². The van der Waals surface area contributed by atoms with Crippen LogP contribution in [0.3, 0.4) is 0 Å². The minimum Gasteiger partial charge on any atom is -0.352 e. The molecule has 0 aliphatic rings. The van der Waals surface area contributed by atoms with Crippen LogP contribution < -0.4 is 5.32 Å². The minimum atomic E-state index is -0.146. The Morgan fingerprint density at radius 2 is 2.12 bits per heavy atom. The van der Waals surface area contributed by atoms with Crippen LogP contribution in [0.5, 0.6) is 0 Å². The van der Waals surface area contributed by atoms with Gasteiger partial charge in [0, 0.05) is 16.9 Å². The molecule has 0 saturated heterocycles. The summed E-state index contributed by atoms with van der Waals surface area (Å²) in [7, 11) is 0. The molecule has 0 aliphatic carbocycles. The summed E-state index contributed by atoms with van der Waals surface area (Å²) in [5.41, 5.74) is 0.496. The highest BCUT2D eigenvalue weighted by Crippen LogP contribution is 2.21. The van der Waals surface area contributed by atoms with E-state index in [-0.39, 0.29) is 5.91 Å². The Balaban J connectivity index is 2.53. The number of unbranched alkanes of at least 4 members (excludes halogenated alkanes) is 1. The fourth-order valence-corrected chi connectivity index (χ4v) is 2.14. The lowest BCUT2D eigenvalue weighted by Crippen LogP contribution is -2.24. The molecule has 1 amide bonds. The van der Waals surface area contributed by atoms with E-state index in [2.05, 4.69) is 21.2 Å². The first-order valence-electron chi connectivity index (χ1n) is 4.94. The lowest BCUT2D eigenvalue weighted by atomic mass is 10.2. The number of rotatable bonds is 5. The van der Waals surface area contributed by atoms with Crippen molar-refractivity contribution in [3.8, 4) is 0 Å². The van der Waals surface area contributed by atoms with Crippen molar-refractivity contribution in [1.82, 2.24) is 5.32 Å². The van der Waals surface area contributed by atoms with Crippen molar-refractivity contribution in [3.63, 3.8) is 0 Å². The summed E-state index contributed by atoms with van der Waals surface area (Å²) in [5, 5.41) is 3.25. The van der Waals surface area contributed by atoms with Crippen LogP contribution in [-0.2, 0) is 0 Å². The van der Waals surface area contributed by atoms with E-state index in [1.807, 2.05) is 0 Å². The number of benzene rings is 1. The van der Waals surface area contributed by atoms with E-state index < -0.39 is 0 Å². The lowest BCUT2D eigenvalue weighted by molar-refractivity contribution is 0.0953. The summed E-state index contributed by atoms with van der Waals surface area (Å²) in [6, 6.07) is 5.19. The average molecular weight is 325 g/mol. The molecule has 2 nitrogen and oxygen atoms in total. The number of nitrogens with one attached hydrogen (secondary N) is 1. The predicted octanol–water partition coefficient (Wildman–Crippen LogP) is 3.85. The second-order valence-corrected chi connectivity index (χ2v) is 4.98. The first-order valence-corrected chi connectivity index (χ1v) is 6.65.